The molecule has 7 heteroatoms. The van der Waals surface area contributed by atoms with E-state index in [1.54, 1.807) is 37.4 Å². The lowest BCUT2D eigenvalue weighted by molar-refractivity contribution is -0.315. The molecular formula is C17H14ClN2O4-. The number of nitrogens with zero attached hydrogens (tertiary/aromatic N) is 2. The van der Waals surface area contributed by atoms with Crippen LogP contribution >= 0.6 is 11.6 Å². The first kappa shape index (κ1) is 16.1. The summed E-state index contributed by atoms with van der Waals surface area (Å²) < 4.78 is 6.51. The van der Waals surface area contributed by atoms with Crippen LogP contribution < -0.4 is 14.7 Å². The van der Waals surface area contributed by atoms with Gasteiger partial charge in [0.05, 0.1) is 18.6 Å². The summed E-state index contributed by atoms with van der Waals surface area (Å²) in [5.41, 5.74) is 1.95. The van der Waals surface area contributed by atoms with Gasteiger partial charge in [-0.25, -0.2) is 4.98 Å². The number of imidazole rings is 1. The summed E-state index contributed by atoms with van der Waals surface area (Å²) in [4.78, 5) is 21.1. The molecule has 0 aliphatic rings. The molecule has 0 N–H and O–H groups in total. The molecule has 0 radical (unpaired) electrons. The van der Waals surface area contributed by atoms with E-state index in [4.69, 9.17) is 21.2 Å². The number of fused-ring (bicyclic) bond motifs is 1. The van der Waals surface area contributed by atoms with E-state index in [1.807, 2.05) is 12.1 Å². The summed E-state index contributed by atoms with van der Waals surface area (Å²) in [6.45, 7) is 1.39. The van der Waals surface area contributed by atoms with Gasteiger partial charge in [-0.05, 0) is 49.4 Å². The lowest BCUT2D eigenvalue weighted by Crippen LogP contribution is -2.40. The van der Waals surface area contributed by atoms with Crippen molar-refractivity contribution >= 4 is 28.6 Å². The zero-order valence-electron chi connectivity index (χ0n) is 13.0. The van der Waals surface area contributed by atoms with E-state index in [2.05, 4.69) is 4.98 Å². The predicted octanol–water partition coefficient (Wildman–Crippen LogP) is 1.93. The molecular weight excluding hydrogens is 332 g/mol. The minimum Gasteiger partial charge on any atom is -0.546 e. The maximum absolute atomic E-state index is 11.0. The topological polar surface area (TPSA) is 76.4 Å². The third kappa shape index (κ3) is 3.00. The van der Waals surface area contributed by atoms with Gasteiger partial charge in [0.15, 0.2) is 11.9 Å². The average Bonchev–Trinajstić information content (AvgIpc) is 2.92. The van der Waals surface area contributed by atoms with Crippen LogP contribution in [0.15, 0.2) is 42.5 Å². The van der Waals surface area contributed by atoms with Crippen LogP contribution in [0, 0.1) is 0 Å². The van der Waals surface area contributed by atoms with Gasteiger partial charge in [0.25, 0.3) is 0 Å². The van der Waals surface area contributed by atoms with E-state index in [0.717, 1.165) is 5.56 Å². The van der Waals surface area contributed by atoms with E-state index in [1.165, 1.54) is 11.7 Å². The van der Waals surface area contributed by atoms with Gasteiger partial charge in [-0.2, -0.15) is 4.73 Å². The Labute approximate surface area is 143 Å². The monoisotopic (exact) mass is 345 g/mol. The molecule has 0 saturated heterocycles. The normalized spacial score (nSPS) is 12.1. The summed E-state index contributed by atoms with van der Waals surface area (Å²) in [7, 11) is 1.58. The number of benzene rings is 2. The summed E-state index contributed by atoms with van der Waals surface area (Å²) in [6, 6.07) is 12.3. The molecule has 0 aliphatic heterocycles. The van der Waals surface area contributed by atoms with Gasteiger partial charge in [0.2, 0.25) is 0 Å². The number of rotatable bonds is 5. The fourth-order valence-electron chi connectivity index (χ4n) is 2.26. The first-order valence-electron chi connectivity index (χ1n) is 7.20. The van der Waals surface area contributed by atoms with Crippen molar-refractivity contribution in [1.82, 2.24) is 9.71 Å². The fourth-order valence-corrected chi connectivity index (χ4v) is 2.42. The van der Waals surface area contributed by atoms with E-state index in [0.29, 0.717) is 27.6 Å². The zero-order chi connectivity index (χ0) is 17.3. The Balaban J connectivity index is 2.15. The SMILES string of the molecule is COc1ccc(-c2nc3ccc(Cl)cc3n2O[C@@H](C)C(=O)[O-])cc1. The smallest absolute Gasteiger partial charge is 0.176 e. The minimum atomic E-state index is -1.32. The van der Waals surface area contributed by atoms with Crippen LogP contribution in [-0.2, 0) is 4.79 Å². The van der Waals surface area contributed by atoms with E-state index >= 15 is 0 Å². The van der Waals surface area contributed by atoms with E-state index in [-0.39, 0.29) is 0 Å². The summed E-state index contributed by atoms with van der Waals surface area (Å²) in [5, 5.41) is 11.5. The maximum Gasteiger partial charge on any atom is 0.176 e. The molecule has 0 aliphatic carbocycles. The number of carbonyl (C=O) groups is 1. The van der Waals surface area contributed by atoms with Gasteiger partial charge in [-0.3, -0.25) is 0 Å². The van der Waals surface area contributed by atoms with Crippen molar-refractivity contribution in [2.75, 3.05) is 7.11 Å². The van der Waals surface area contributed by atoms with Crippen molar-refractivity contribution in [1.29, 1.82) is 0 Å². The number of carboxylic acids is 1. The Morgan fingerprint density at radius 1 is 1.25 bits per heavy atom. The van der Waals surface area contributed by atoms with Crippen LogP contribution in [0.3, 0.4) is 0 Å². The highest BCUT2D eigenvalue weighted by Crippen LogP contribution is 2.27. The van der Waals surface area contributed by atoms with Crippen LogP contribution in [0.25, 0.3) is 22.4 Å². The molecule has 0 unspecified atom stereocenters. The van der Waals surface area contributed by atoms with Crippen molar-refractivity contribution in [3.05, 3.63) is 47.5 Å². The second-order valence-electron chi connectivity index (χ2n) is 5.16. The standard InChI is InChI=1S/C17H15ClN2O4/c1-10(17(21)22)24-20-15-9-12(18)5-8-14(15)19-16(20)11-3-6-13(23-2)7-4-11/h3-10H,1-2H3,(H,21,22)/p-1/t10-/m0/s1. The minimum absolute atomic E-state index is 0.461. The molecule has 6 nitrogen and oxygen atoms in total. The van der Waals surface area contributed by atoms with E-state index < -0.39 is 12.1 Å². The molecule has 0 fully saturated rings. The first-order chi connectivity index (χ1) is 11.5. The van der Waals surface area contributed by atoms with Crippen LogP contribution in [0.4, 0.5) is 0 Å². The number of aromatic nitrogens is 2. The van der Waals surface area contributed by atoms with Crippen molar-refractivity contribution < 1.29 is 19.5 Å². The van der Waals surface area contributed by atoms with Gasteiger partial charge < -0.3 is 19.5 Å². The molecule has 2 aromatic carbocycles. The number of halogens is 1. The van der Waals surface area contributed by atoms with Gasteiger partial charge in [0, 0.05) is 10.6 Å². The fraction of sp³-hybridized carbons (Fsp3) is 0.176. The van der Waals surface area contributed by atoms with Crippen molar-refractivity contribution in [3.8, 4) is 17.1 Å². The highest BCUT2D eigenvalue weighted by atomic mass is 35.5. The molecule has 0 spiro atoms. The highest BCUT2D eigenvalue weighted by Gasteiger charge is 2.17. The number of ether oxygens (including phenoxy) is 1. The quantitative estimate of drug-likeness (QED) is 0.706. The maximum atomic E-state index is 11.0. The molecule has 1 heterocycles. The van der Waals surface area contributed by atoms with E-state index in [9.17, 15) is 9.90 Å². The number of hydrogen-bond donors (Lipinski definition) is 0. The Hall–Kier alpha value is -2.73. The number of hydrogen-bond acceptors (Lipinski definition) is 5. The number of carboxylic acid groups (broad SMARTS) is 1. The van der Waals surface area contributed by atoms with Crippen LogP contribution in [0.1, 0.15) is 6.92 Å². The molecule has 124 valence electrons. The zero-order valence-corrected chi connectivity index (χ0v) is 13.8. The third-order valence-corrected chi connectivity index (χ3v) is 3.75. The lowest BCUT2D eigenvalue weighted by Gasteiger charge is -2.18. The second-order valence-corrected chi connectivity index (χ2v) is 5.59. The molecule has 0 amide bonds. The third-order valence-electron chi connectivity index (χ3n) is 3.52. The Morgan fingerprint density at radius 2 is 1.96 bits per heavy atom. The number of carbonyl (C=O) groups excluding carboxylic acids is 1. The Bertz CT molecular complexity index is 889. The number of methoxy groups -OCH3 is 1. The van der Waals surface area contributed by atoms with Crippen LogP contribution in [-0.4, -0.2) is 28.9 Å². The van der Waals surface area contributed by atoms with Gasteiger partial charge in [0.1, 0.15) is 11.3 Å². The number of aliphatic carboxylic acids is 1. The Morgan fingerprint density at radius 3 is 2.58 bits per heavy atom. The lowest BCUT2D eigenvalue weighted by atomic mass is 10.2. The summed E-state index contributed by atoms with van der Waals surface area (Å²) >= 11 is 6.04. The summed E-state index contributed by atoms with van der Waals surface area (Å²) in [6.07, 6.45) is -1.15. The van der Waals surface area contributed by atoms with Crippen molar-refractivity contribution in [2.24, 2.45) is 0 Å². The highest BCUT2D eigenvalue weighted by molar-refractivity contribution is 6.31. The van der Waals surface area contributed by atoms with Gasteiger partial charge in [-0.15, -0.1) is 0 Å². The molecule has 3 rings (SSSR count). The molecule has 0 saturated carbocycles. The predicted molar refractivity (Wildman–Crippen MR) is 87.8 cm³/mol. The molecule has 1 aromatic heterocycles. The van der Waals surface area contributed by atoms with Gasteiger partial charge in [-0.1, -0.05) is 11.6 Å². The van der Waals surface area contributed by atoms with Crippen molar-refractivity contribution in [2.45, 2.75) is 13.0 Å². The average molecular weight is 346 g/mol. The van der Waals surface area contributed by atoms with Gasteiger partial charge >= 0.3 is 0 Å². The molecule has 1 atom stereocenters. The largest absolute Gasteiger partial charge is 0.546 e. The summed E-state index contributed by atoms with van der Waals surface area (Å²) in [5.74, 6) is -0.156. The second kappa shape index (κ2) is 6.41. The molecule has 24 heavy (non-hydrogen) atoms. The van der Waals surface area contributed by atoms with Crippen LogP contribution in [0.5, 0.6) is 5.75 Å². The van der Waals surface area contributed by atoms with Crippen LogP contribution in [0.2, 0.25) is 5.02 Å². The first-order valence-corrected chi connectivity index (χ1v) is 7.58. The van der Waals surface area contributed by atoms with Crippen molar-refractivity contribution in [3.63, 3.8) is 0 Å². The molecule has 0 bridgehead atoms. The molecule has 3 aromatic rings. The Kier molecular flexibility index (Phi) is 4.31.